The lowest BCUT2D eigenvalue weighted by atomic mass is 9.84. The molecule has 2 rings (SSSR count). The lowest BCUT2D eigenvalue weighted by Crippen LogP contribution is -2.45. The van der Waals surface area contributed by atoms with Crippen molar-refractivity contribution in [2.75, 3.05) is 18.2 Å². The number of fused-ring (bicyclic) bond motifs is 1. The van der Waals surface area contributed by atoms with Gasteiger partial charge in [0.2, 0.25) is 0 Å². The number of hydrogen-bond acceptors (Lipinski definition) is 2. The van der Waals surface area contributed by atoms with Gasteiger partial charge < -0.3 is 4.74 Å². The fraction of sp³-hybridized carbons (Fsp3) is 0.562. The quantitative estimate of drug-likeness (QED) is 0.736. The van der Waals surface area contributed by atoms with Gasteiger partial charge in [-0.1, -0.05) is 6.92 Å². The molecule has 0 aliphatic carbocycles. The van der Waals surface area contributed by atoms with Crippen molar-refractivity contribution in [3.63, 3.8) is 0 Å². The zero-order valence-electron chi connectivity index (χ0n) is 13.0. The minimum Gasteiger partial charge on any atom is -0.449 e. The molecule has 23 heavy (non-hydrogen) atoms. The molecule has 0 saturated carbocycles. The third kappa shape index (κ3) is 3.43. The van der Waals surface area contributed by atoms with Gasteiger partial charge in [-0.25, -0.2) is 4.79 Å². The number of carbonyl (C=O) groups is 1. The van der Waals surface area contributed by atoms with Crippen LogP contribution in [0, 0.1) is 0 Å². The van der Waals surface area contributed by atoms with Gasteiger partial charge in [-0.05, 0) is 43.5 Å². The predicted molar refractivity (Wildman–Crippen MR) is 78.4 cm³/mol. The molecule has 0 radical (unpaired) electrons. The molecule has 1 aliphatic rings. The van der Waals surface area contributed by atoms with E-state index in [2.05, 4.69) is 0 Å². The normalized spacial score (nSPS) is 21.0. The van der Waals surface area contributed by atoms with E-state index in [1.807, 2.05) is 6.92 Å². The first-order valence-corrected chi connectivity index (χ1v) is 7.56. The molecule has 0 fully saturated rings. The zero-order chi connectivity index (χ0) is 17.2. The molecule has 2 unspecified atom stereocenters. The number of hydrogen-bond donors (Lipinski definition) is 0. The Balaban J connectivity index is 2.53. The van der Waals surface area contributed by atoms with Crippen molar-refractivity contribution in [1.29, 1.82) is 0 Å². The van der Waals surface area contributed by atoms with E-state index in [4.69, 9.17) is 4.74 Å². The van der Waals surface area contributed by atoms with Crippen LogP contribution in [0.15, 0.2) is 18.2 Å². The SMILES string of the molecule is CCOC(=O)N1c2ccc(C(F)(F)F)cc2C(CF)CC1CC. The van der Waals surface area contributed by atoms with E-state index in [0.29, 0.717) is 12.1 Å². The summed E-state index contributed by atoms with van der Waals surface area (Å²) in [6.45, 7) is 2.90. The number of carbonyl (C=O) groups excluding carboxylic acids is 1. The van der Waals surface area contributed by atoms with Crippen molar-refractivity contribution < 1.29 is 27.1 Å². The van der Waals surface area contributed by atoms with Crippen LogP contribution >= 0.6 is 0 Å². The topological polar surface area (TPSA) is 29.5 Å². The fourth-order valence-corrected chi connectivity index (χ4v) is 2.97. The Kier molecular flexibility index (Phi) is 5.16. The van der Waals surface area contributed by atoms with Crippen LogP contribution in [0.2, 0.25) is 0 Å². The van der Waals surface area contributed by atoms with E-state index in [1.165, 1.54) is 11.0 Å². The number of benzene rings is 1. The molecule has 1 aliphatic heterocycles. The summed E-state index contributed by atoms with van der Waals surface area (Å²) in [4.78, 5) is 13.5. The summed E-state index contributed by atoms with van der Waals surface area (Å²) in [5.41, 5.74) is -0.328. The molecule has 1 amide bonds. The van der Waals surface area contributed by atoms with Gasteiger partial charge >= 0.3 is 12.3 Å². The van der Waals surface area contributed by atoms with E-state index in [-0.39, 0.29) is 24.6 Å². The summed E-state index contributed by atoms with van der Waals surface area (Å²) in [6.07, 6.45) is -4.28. The molecule has 2 atom stereocenters. The Labute approximate surface area is 132 Å². The first-order chi connectivity index (χ1) is 10.8. The number of halogens is 4. The largest absolute Gasteiger partial charge is 0.449 e. The minimum absolute atomic E-state index is 0.161. The van der Waals surface area contributed by atoms with Gasteiger partial charge in [-0.2, -0.15) is 13.2 Å². The minimum atomic E-state index is -4.51. The number of alkyl halides is 4. The molecule has 0 N–H and O–H groups in total. The highest BCUT2D eigenvalue weighted by Gasteiger charge is 2.38. The lowest BCUT2D eigenvalue weighted by Gasteiger charge is -2.39. The van der Waals surface area contributed by atoms with Crippen LogP contribution in [0.4, 0.5) is 28.0 Å². The molecule has 1 aromatic carbocycles. The Morgan fingerprint density at radius 1 is 1.35 bits per heavy atom. The van der Waals surface area contributed by atoms with E-state index < -0.39 is 30.4 Å². The summed E-state index contributed by atoms with van der Waals surface area (Å²) in [5.74, 6) is -0.650. The highest BCUT2D eigenvalue weighted by atomic mass is 19.4. The lowest BCUT2D eigenvalue weighted by molar-refractivity contribution is -0.137. The van der Waals surface area contributed by atoms with Crippen LogP contribution in [0.1, 0.15) is 43.7 Å². The van der Waals surface area contributed by atoms with Crippen LogP contribution in [-0.4, -0.2) is 25.4 Å². The van der Waals surface area contributed by atoms with Crippen molar-refractivity contribution in [2.24, 2.45) is 0 Å². The summed E-state index contributed by atoms with van der Waals surface area (Å²) in [7, 11) is 0. The van der Waals surface area contributed by atoms with E-state index in [1.54, 1.807) is 6.92 Å². The summed E-state index contributed by atoms with van der Waals surface area (Å²) >= 11 is 0. The molecule has 0 spiro atoms. The first-order valence-electron chi connectivity index (χ1n) is 7.56. The Bertz CT molecular complexity index is 574. The van der Waals surface area contributed by atoms with Gasteiger partial charge in [0.05, 0.1) is 24.5 Å². The maximum Gasteiger partial charge on any atom is 0.416 e. The van der Waals surface area contributed by atoms with Gasteiger partial charge in [0.1, 0.15) is 0 Å². The molecule has 0 aromatic heterocycles. The smallest absolute Gasteiger partial charge is 0.416 e. The molecular formula is C16H19F4NO2. The Morgan fingerprint density at radius 3 is 2.57 bits per heavy atom. The monoisotopic (exact) mass is 333 g/mol. The van der Waals surface area contributed by atoms with Gasteiger partial charge in [0.25, 0.3) is 0 Å². The summed E-state index contributed by atoms with van der Waals surface area (Å²) < 4.78 is 57.1. The van der Waals surface area contributed by atoms with Gasteiger partial charge in [0.15, 0.2) is 0 Å². The highest BCUT2D eigenvalue weighted by molar-refractivity contribution is 5.90. The van der Waals surface area contributed by atoms with Crippen LogP contribution in [0.3, 0.4) is 0 Å². The Morgan fingerprint density at radius 2 is 2.04 bits per heavy atom. The fourth-order valence-electron chi connectivity index (χ4n) is 2.97. The summed E-state index contributed by atoms with van der Waals surface area (Å²) in [5, 5.41) is 0. The van der Waals surface area contributed by atoms with Gasteiger partial charge in [0, 0.05) is 12.0 Å². The van der Waals surface area contributed by atoms with Crippen LogP contribution in [0.5, 0.6) is 0 Å². The second-order valence-corrected chi connectivity index (χ2v) is 5.49. The molecule has 1 heterocycles. The highest BCUT2D eigenvalue weighted by Crippen LogP contribution is 2.43. The van der Waals surface area contributed by atoms with Gasteiger partial charge in [-0.15, -0.1) is 0 Å². The average Bonchev–Trinajstić information content (AvgIpc) is 2.51. The molecular weight excluding hydrogens is 314 g/mol. The van der Waals surface area contributed by atoms with E-state index in [0.717, 1.165) is 12.1 Å². The van der Waals surface area contributed by atoms with Crippen molar-refractivity contribution in [1.82, 2.24) is 0 Å². The number of nitrogens with zero attached hydrogens (tertiary/aromatic N) is 1. The molecule has 128 valence electrons. The Hall–Kier alpha value is -1.79. The molecule has 7 heteroatoms. The molecule has 1 aromatic rings. The van der Waals surface area contributed by atoms with Crippen molar-refractivity contribution in [3.05, 3.63) is 29.3 Å². The molecule has 3 nitrogen and oxygen atoms in total. The summed E-state index contributed by atoms with van der Waals surface area (Å²) in [6, 6.07) is 2.80. The molecule has 0 saturated heterocycles. The second kappa shape index (κ2) is 6.76. The molecule has 0 bridgehead atoms. The third-order valence-electron chi connectivity index (χ3n) is 4.10. The second-order valence-electron chi connectivity index (χ2n) is 5.49. The van der Waals surface area contributed by atoms with Crippen LogP contribution < -0.4 is 4.90 Å². The van der Waals surface area contributed by atoms with E-state index >= 15 is 0 Å². The van der Waals surface area contributed by atoms with Crippen molar-refractivity contribution in [2.45, 2.75) is 44.8 Å². The maximum absolute atomic E-state index is 13.4. The number of ether oxygens (including phenoxy) is 1. The van der Waals surface area contributed by atoms with Crippen molar-refractivity contribution >= 4 is 11.8 Å². The number of anilines is 1. The third-order valence-corrected chi connectivity index (χ3v) is 4.10. The van der Waals surface area contributed by atoms with Crippen LogP contribution in [0.25, 0.3) is 0 Å². The number of amides is 1. The zero-order valence-corrected chi connectivity index (χ0v) is 13.0. The van der Waals surface area contributed by atoms with E-state index in [9.17, 15) is 22.4 Å². The first kappa shape index (κ1) is 17.6. The standard InChI is InChI=1S/C16H19F4NO2/c1-3-12-7-10(9-17)13-8-11(16(18,19)20)5-6-14(13)21(12)15(22)23-4-2/h5-6,8,10,12H,3-4,7,9H2,1-2H3. The van der Waals surface area contributed by atoms with Crippen LogP contribution in [-0.2, 0) is 10.9 Å². The maximum atomic E-state index is 13.4. The van der Waals surface area contributed by atoms with Crippen molar-refractivity contribution in [3.8, 4) is 0 Å². The predicted octanol–water partition coefficient (Wildman–Crippen LogP) is 4.90. The number of rotatable bonds is 3. The average molecular weight is 333 g/mol. The van der Waals surface area contributed by atoms with Gasteiger partial charge in [-0.3, -0.25) is 9.29 Å².